The number of fused-ring (bicyclic) bond motifs is 1. The second-order valence-electron chi connectivity index (χ2n) is 5.12. The summed E-state index contributed by atoms with van der Waals surface area (Å²) in [6.07, 6.45) is 0. The molecule has 0 fully saturated rings. The van der Waals surface area contributed by atoms with Crippen molar-refractivity contribution in [2.45, 2.75) is 0 Å². The van der Waals surface area contributed by atoms with Gasteiger partial charge in [0, 0.05) is 16.1 Å². The minimum Gasteiger partial charge on any atom is -0.453 e. The fourth-order valence-corrected chi connectivity index (χ4v) is 2.44. The predicted molar refractivity (Wildman–Crippen MR) is 94.2 cm³/mol. The van der Waals surface area contributed by atoms with Crippen molar-refractivity contribution in [3.05, 3.63) is 59.6 Å². The Morgan fingerprint density at radius 3 is 2.54 bits per heavy atom. The number of anilines is 3. The molecule has 3 N–H and O–H groups in total. The van der Waals surface area contributed by atoms with Crippen molar-refractivity contribution in [3.63, 3.8) is 0 Å². The van der Waals surface area contributed by atoms with E-state index in [1.807, 2.05) is 42.5 Å². The van der Waals surface area contributed by atoms with Crippen molar-refractivity contribution in [2.24, 2.45) is 0 Å². The zero-order valence-electron chi connectivity index (χ0n) is 12.4. The van der Waals surface area contributed by atoms with Crippen LogP contribution in [0.1, 0.15) is 0 Å². The lowest BCUT2D eigenvalue weighted by Gasteiger charge is -2.06. The van der Waals surface area contributed by atoms with Gasteiger partial charge in [0.05, 0.1) is 0 Å². The van der Waals surface area contributed by atoms with Gasteiger partial charge < -0.3 is 15.5 Å². The van der Waals surface area contributed by atoms with Crippen molar-refractivity contribution < 1.29 is 4.42 Å². The van der Waals surface area contributed by atoms with E-state index in [9.17, 15) is 0 Å². The average Bonchev–Trinajstić information content (AvgIpc) is 3.01. The highest BCUT2D eigenvalue weighted by Gasteiger charge is 2.12. The number of rotatable bonds is 3. The molecular weight excluding hydrogens is 326 g/mol. The summed E-state index contributed by atoms with van der Waals surface area (Å²) in [6.45, 7) is 0. The van der Waals surface area contributed by atoms with E-state index in [4.69, 9.17) is 21.8 Å². The topological polar surface area (TPSA) is 89.9 Å². The summed E-state index contributed by atoms with van der Waals surface area (Å²) in [5.41, 5.74) is 7.36. The normalized spacial score (nSPS) is 10.9. The number of benzene rings is 2. The lowest BCUT2D eigenvalue weighted by Crippen LogP contribution is -2.04. The van der Waals surface area contributed by atoms with Gasteiger partial charge in [0.25, 0.3) is 0 Å². The summed E-state index contributed by atoms with van der Waals surface area (Å²) in [5.74, 6) is 1.34. The summed E-state index contributed by atoms with van der Waals surface area (Å²) in [4.78, 5) is 12.6. The van der Waals surface area contributed by atoms with E-state index in [1.165, 1.54) is 0 Å². The molecular formula is C17H12ClN5O. The molecule has 0 amide bonds. The van der Waals surface area contributed by atoms with Gasteiger partial charge in [-0.1, -0.05) is 29.8 Å². The summed E-state index contributed by atoms with van der Waals surface area (Å²) >= 11 is 5.88. The van der Waals surface area contributed by atoms with Crippen molar-refractivity contribution in [2.75, 3.05) is 11.1 Å². The fourth-order valence-electron chi connectivity index (χ4n) is 2.31. The van der Waals surface area contributed by atoms with Crippen LogP contribution >= 0.6 is 11.6 Å². The number of hydrogen-bond acceptors (Lipinski definition) is 6. The molecule has 2 heterocycles. The number of hydrogen-bond donors (Lipinski definition) is 2. The summed E-state index contributed by atoms with van der Waals surface area (Å²) < 4.78 is 5.78. The summed E-state index contributed by atoms with van der Waals surface area (Å²) in [7, 11) is 0. The van der Waals surface area contributed by atoms with Crippen LogP contribution in [0.3, 0.4) is 0 Å². The number of furan rings is 1. The Balaban J connectivity index is 1.71. The molecule has 6 nitrogen and oxygen atoms in total. The van der Waals surface area contributed by atoms with E-state index in [0.717, 1.165) is 16.7 Å². The maximum atomic E-state index is 5.88. The average molecular weight is 338 g/mol. The second kappa shape index (κ2) is 5.82. The molecule has 0 aliphatic carbocycles. The van der Waals surface area contributed by atoms with Gasteiger partial charge in [0.1, 0.15) is 5.58 Å². The van der Waals surface area contributed by atoms with Gasteiger partial charge in [-0.3, -0.25) is 0 Å². The van der Waals surface area contributed by atoms with E-state index in [2.05, 4.69) is 20.3 Å². The van der Waals surface area contributed by atoms with Crippen molar-refractivity contribution in [1.29, 1.82) is 0 Å². The monoisotopic (exact) mass is 337 g/mol. The van der Waals surface area contributed by atoms with Crippen LogP contribution in [0.5, 0.6) is 0 Å². The first-order chi connectivity index (χ1) is 11.7. The number of nitrogen functional groups attached to an aromatic ring is 1. The third kappa shape index (κ3) is 2.87. The molecule has 24 heavy (non-hydrogen) atoms. The summed E-state index contributed by atoms with van der Waals surface area (Å²) in [6, 6.07) is 16.8. The number of nitrogens with one attached hydrogen (secondary N) is 1. The molecule has 0 saturated heterocycles. The minimum absolute atomic E-state index is 0.108. The highest BCUT2D eigenvalue weighted by molar-refractivity contribution is 6.30. The molecule has 2 aromatic carbocycles. The predicted octanol–water partition coefficient (Wildman–Crippen LogP) is 4.26. The lowest BCUT2D eigenvalue weighted by molar-refractivity contribution is 0.625. The van der Waals surface area contributed by atoms with Crippen molar-refractivity contribution in [3.8, 4) is 11.6 Å². The Hall–Kier alpha value is -3.12. The Morgan fingerprint density at radius 1 is 0.958 bits per heavy atom. The first kappa shape index (κ1) is 14.5. The summed E-state index contributed by atoms with van der Waals surface area (Å²) in [5, 5.41) is 4.70. The number of nitrogens with zero attached hydrogens (tertiary/aromatic N) is 3. The van der Waals surface area contributed by atoms with E-state index in [1.54, 1.807) is 12.1 Å². The number of aromatic nitrogens is 3. The quantitative estimate of drug-likeness (QED) is 0.580. The van der Waals surface area contributed by atoms with Gasteiger partial charge in [-0.05, 0) is 36.4 Å². The van der Waals surface area contributed by atoms with Crippen LogP contribution < -0.4 is 11.1 Å². The number of nitrogens with two attached hydrogens (primary N) is 1. The SMILES string of the molecule is Nc1nc(Nc2ccc(Cl)cc2)nc(-c2cc3ccccc3o2)n1. The Labute approximate surface area is 142 Å². The number of halogens is 1. The van der Waals surface area contributed by atoms with E-state index in [-0.39, 0.29) is 5.95 Å². The molecule has 7 heteroatoms. The third-order valence-corrected chi connectivity index (χ3v) is 3.65. The second-order valence-corrected chi connectivity index (χ2v) is 5.56. The largest absolute Gasteiger partial charge is 0.453 e. The molecule has 0 unspecified atom stereocenters. The van der Waals surface area contributed by atoms with Gasteiger partial charge >= 0.3 is 0 Å². The van der Waals surface area contributed by atoms with Gasteiger partial charge in [-0.2, -0.15) is 15.0 Å². The molecule has 0 aliphatic rings. The first-order valence-corrected chi connectivity index (χ1v) is 7.58. The van der Waals surface area contributed by atoms with Crippen molar-refractivity contribution >= 4 is 40.2 Å². The van der Waals surface area contributed by atoms with Crippen LogP contribution in [0.2, 0.25) is 5.02 Å². The van der Waals surface area contributed by atoms with Crippen LogP contribution in [0.25, 0.3) is 22.6 Å². The zero-order valence-corrected chi connectivity index (χ0v) is 13.2. The Kier molecular flexibility index (Phi) is 3.51. The first-order valence-electron chi connectivity index (χ1n) is 7.20. The molecule has 0 bridgehead atoms. The third-order valence-electron chi connectivity index (χ3n) is 3.40. The molecule has 4 aromatic rings. The van der Waals surface area contributed by atoms with Crippen LogP contribution in [0.4, 0.5) is 17.6 Å². The van der Waals surface area contributed by atoms with E-state index >= 15 is 0 Å². The van der Waals surface area contributed by atoms with Gasteiger partial charge in [0.15, 0.2) is 5.76 Å². The molecule has 0 atom stereocenters. The van der Waals surface area contributed by atoms with E-state index < -0.39 is 0 Å². The molecule has 4 rings (SSSR count). The van der Waals surface area contributed by atoms with Crippen LogP contribution in [-0.2, 0) is 0 Å². The van der Waals surface area contributed by atoms with Gasteiger partial charge in [0.2, 0.25) is 17.7 Å². The molecule has 0 aliphatic heterocycles. The molecule has 118 valence electrons. The molecule has 0 saturated carbocycles. The van der Waals surface area contributed by atoms with Crippen molar-refractivity contribution in [1.82, 2.24) is 15.0 Å². The lowest BCUT2D eigenvalue weighted by atomic mass is 10.2. The zero-order chi connectivity index (χ0) is 16.5. The van der Waals surface area contributed by atoms with Crippen LogP contribution in [-0.4, -0.2) is 15.0 Å². The van der Waals surface area contributed by atoms with Gasteiger partial charge in [-0.15, -0.1) is 0 Å². The fraction of sp³-hybridized carbons (Fsp3) is 0. The smallest absolute Gasteiger partial charge is 0.232 e. The van der Waals surface area contributed by atoms with E-state index in [0.29, 0.717) is 22.6 Å². The molecule has 0 spiro atoms. The van der Waals surface area contributed by atoms with Crippen LogP contribution in [0.15, 0.2) is 59.0 Å². The highest BCUT2D eigenvalue weighted by Crippen LogP contribution is 2.26. The maximum Gasteiger partial charge on any atom is 0.232 e. The highest BCUT2D eigenvalue weighted by atomic mass is 35.5. The van der Waals surface area contributed by atoms with Gasteiger partial charge in [-0.25, -0.2) is 0 Å². The maximum absolute atomic E-state index is 5.88. The van der Waals surface area contributed by atoms with Crippen LogP contribution in [0, 0.1) is 0 Å². The molecule has 2 aromatic heterocycles. The molecule has 0 radical (unpaired) electrons. The Bertz CT molecular complexity index is 980. The number of para-hydroxylation sites is 1. The minimum atomic E-state index is 0.108. The standard InChI is InChI=1S/C17H12ClN5O/c18-11-5-7-12(8-6-11)20-17-22-15(21-16(19)23-17)14-9-10-3-1-2-4-13(10)24-14/h1-9H,(H3,19,20,21,22,23). The Morgan fingerprint density at radius 2 is 1.75 bits per heavy atom.